The summed E-state index contributed by atoms with van der Waals surface area (Å²) in [5.74, 6) is 1.05. The lowest BCUT2D eigenvalue weighted by Crippen LogP contribution is -2.25. The molecule has 0 radical (unpaired) electrons. The van der Waals surface area contributed by atoms with Crippen LogP contribution in [0.4, 0.5) is 18.9 Å². The second-order valence-corrected chi connectivity index (χ2v) is 9.77. The normalized spacial score (nSPS) is 19.3. The number of amides is 1. The molecule has 3 aromatic rings. The number of hydrogen-bond donors (Lipinski definition) is 1. The standard InChI is InChI=1S/C29H28F3N3O2/c1-18(21-5-3-7-25(15-21)37-27-13-10-23(16-34-27)29(30,31)32)20-4-2-6-22(14-20)28(36)35-24-11-12-26(33-17-24)19-8-9-19/h3,5,7,10-13,15-17,19,22H,2,4,6,8-9,14H2,1H3,(H,35,36). The Morgan fingerprint density at radius 1 is 1.03 bits per heavy atom. The monoisotopic (exact) mass is 507 g/mol. The molecule has 0 bridgehead atoms. The first-order valence-electron chi connectivity index (χ1n) is 12.5. The number of carbonyl (C=O) groups is 1. The van der Waals surface area contributed by atoms with Gasteiger partial charge in [0.2, 0.25) is 11.8 Å². The van der Waals surface area contributed by atoms with E-state index in [9.17, 15) is 18.0 Å². The molecular formula is C29H28F3N3O2. The molecule has 8 heteroatoms. The van der Waals surface area contributed by atoms with E-state index in [1.165, 1.54) is 24.5 Å². The number of pyridine rings is 2. The van der Waals surface area contributed by atoms with Crippen molar-refractivity contribution in [2.45, 2.75) is 57.5 Å². The highest BCUT2D eigenvalue weighted by molar-refractivity contribution is 5.93. The van der Waals surface area contributed by atoms with Gasteiger partial charge in [-0.15, -0.1) is 0 Å². The zero-order chi connectivity index (χ0) is 26.0. The van der Waals surface area contributed by atoms with Crippen LogP contribution in [0.3, 0.4) is 0 Å². The van der Waals surface area contributed by atoms with Crippen LogP contribution < -0.4 is 10.1 Å². The maximum atomic E-state index is 13.0. The number of anilines is 1. The van der Waals surface area contributed by atoms with E-state index in [0.29, 0.717) is 18.1 Å². The van der Waals surface area contributed by atoms with Crippen molar-refractivity contribution in [3.05, 3.63) is 83.3 Å². The van der Waals surface area contributed by atoms with Crippen molar-refractivity contribution in [3.8, 4) is 11.6 Å². The Morgan fingerprint density at radius 3 is 2.54 bits per heavy atom. The predicted octanol–water partition coefficient (Wildman–Crippen LogP) is 7.77. The van der Waals surface area contributed by atoms with Crippen LogP contribution >= 0.6 is 0 Å². The molecule has 2 aromatic heterocycles. The average molecular weight is 508 g/mol. The molecule has 2 fully saturated rings. The zero-order valence-corrected chi connectivity index (χ0v) is 20.5. The number of allylic oxidation sites excluding steroid dienone is 2. The van der Waals surface area contributed by atoms with Crippen molar-refractivity contribution < 1.29 is 22.7 Å². The molecule has 5 rings (SSSR count). The largest absolute Gasteiger partial charge is 0.439 e. The first-order chi connectivity index (χ1) is 17.8. The fourth-order valence-electron chi connectivity index (χ4n) is 4.70. The van der Waals surface area contributed by atoms with Gasteiger partial charge >= 0.3 is 6.18 Å². The van der Waals surface area contributed by atoms with Gasteiger partial charge in [0.15, 0.2) is 0 Å². The van der Waals surface area contributed by atoms with E-state index < -0.39 is 11.7 Å². The third-order valence-electron chi connectivity index (χ3n) is 7.03. The van der Waals surface area contributed by atoms with Crippen LogP contribution in [-0.4, -0.2) is 15.9 Å². The zero-order valence-electron chi connectivity index (χ0n) is 20.5. The van der Waals surface area contributed by atoms with Crippen molar-refractivity contribution in [3.63, 3.8) is 0 Å². The first kappa shape index (κ1) is 25.0. The van der Waals surface area contributed by atoms with Crippen LogP contribution in [0.1, 0.15) is 68.2 Å². The second kappa shape index (κ2) is 10.4. The minimum absolute atomic E-state index is 0.0106. The Hall–Kier alpha value is -3.68. The molecule has 1 aromatic carbocycles. The smallest absolute Gasteiger partial charge is 0.417 e. The predicted molar refractivity (Wildman–Crippen MR) is 135 cm³/mol. The summed E-state index contributed by atoms with van der Waals surface area (Å²) in [5.41, 5.74) is 4.25. The van der Waals surface area contributed by atoms with Crippen molar-refractivity contribution >= 4 is 17.2 Å². The summed E-state index contributed by atoms with van der Waals surface area (Å²) in [4.78, 5) is 21.3. The Kier molecular flexibility index (Phi) is 7.00. The molecule has 1 atom stereocenters. The van der Waals surface area contributed by atoms with Gasteiger partial charge in [-0.3, -0.25) is 9.78 Å². The SMILES string of the molecule is CC(=C1CCCC(C(=O)Nc2ccc(C3CC3)nc2)C1)c1cccc(Oc2ccc(C(F)(F)F)cn2)c1. The fraction of sp³-hybridized carbons (Fsp3) is 0.345. The van der Waals surface area contributed by atoms with Crippen LogP contribution in [0.15, 0.2) is 66.5 Å². The highest BCUT2D eigenvalue weighted by atomic mass is 19.4. The van der Waals surface area contributed by atoms with E-state index in [1.807, 2.05) is 37.3 Å². The lowest BCUT2D eigenvalue weighted by Gasteiger charge is -2.25. The van der Waals surface area contributed by atoms with Gasteiger partial charge in [0, 0.05) is 29.8 Å². The van der Waals surface area contributed by atoms with Crippen LogP contribution in [0.25, 0.3) is 5.57 Å². The van der Waals surface area contributed by atoms with Crippen molar-refractivity contribution in [1.29, 1.82) is 0 Å². The lowest BCUT2D eigenvalue weighted by molar-refractivity contribution is -0.137. The van der Waals surface area contributed by atoms with Crippen LogP contribution in [0, 0.1) is 5.92 Å². The molecule has 0 aliphatic heterocycles. The topological polar surface area (TPSA) is 64.1 Å². The fourth-order valence-corrected chi connectivity index (χ4v) is 4.70. The highest BCUT2D eigenvalue weighted by Gasteiger charge is 2.31. The number of nitrogens with zero attached hydrogens (tertiary/aromatic N) is 2. The molecular weight excluding hydrogens is 479 g/mol. The number of ether oxygens (including phenoxy) is 1. The van der Waals surface area contributed by atoms with Crippen molar-refractivity contribution in [1.82, 2.24) is 9.97 Å². The van der Waals surface area contributed by atoms with Crippen LogP contribution in [0.5, 0.6) is 11.6 Å². The molecule has 2 aliphatic rings. The van der Waals surface area contributed by atoms with Gasteiger partial charge < -0.3 is 10.1 Å². The Balaban J connectivity index is 1.25. The van der Waals surface area contributed by atoms with Gasteiger partial charge in [0.1, 0.15) is 5.75 Å². The Bertz CT molecular complexity index is 1300. The van der Waals surface area contributed by atoms with E-state index in [1.54, 1.807) is 12.3 Å². The summed E-state index contributed by atoms with van der Waals surface area (Å²) in [6.45, 7) is 2.03. The summed E-state index contributed by atoms with van der Waals surface area (Å²) in [5, 5.41) is 3.03. The third kappa shape index (κ3) is 6.18. The van der Waals surface area contributed by atoms with E-state index in [-0.39, 0.29) is 17.7 Å². The molecule has 2 aliphatic carbocycles. The Labute approximate surface area is 213 Å². The van der Waals surface area contributed by atoms with Gasteiger partial charge in [-0.25, -0.2) is 4.98 Å². The minimum Gasteiger partial charge on any atom is -0.439 e. The number of hydrogen-bond acceptors (Lipinski definition) is 4. The summed E-state index contributed by atoms with van der Waals surface area (Å²) in [6.07, 6.45) is 3.79. The quantitative estimate of drug-likeness (QED) is 0.370. The average Bonchev–Trinajstić information content (AvgIpc) is 3.74. The van der Waals surface area contributed by atoms with Crippen molar-refractivity contribution in [2.24, 2.45) is 5.92 Å². The summed E-state index contributed by atoms with van der Waals surface area (Å²) in [7, 11) is 0. The molecule has 1 N–H and O–H groups in total. The van der Waals surface area contributed by atoms with E-state index in [2.05, 4.69) is 15.3 Å². The molecule has 37 heavy (non-hydrogen) atoms. The van der Waals surface area contributed by atoms with E-state index >= 15 is 0 Å². The van der Waals surface area contributed by atoms with Gasteiger partial charge in [-0.05, 0) is 86.9 Å². The summed E-state index contributed by atoms with van der Waals surface area (Å²) < 4.78 is 44.0. The number of halogens is 3. The van der Waals surface area contributed by atoms with Crippen molar-refractivity contribution in [2.75, 3.05) is 5.32 Å². The molecule has 2 saturated carbocycles. The minimum atomic E-state index is -4.44. The van der Waals surface area contributed by atoms with Gasteiger partial charge in [0.05, 0.1) is 17.4 Å². The molecule has 2 heterocycles. The molecule has 5 nitrogen and oxygen atoms in total. The summed E-state index contributed by atoms with van der Waals surface area (Å²) in [6, 6.07) is 13.5. The number of rotatable bonds is 6. The third-order valence-corrected chi connectivity index (χ3v) is 7.03. The highest BCUT2D eigenvalue weighted by Crippen LogP contribution is 2.39. The second-order valence-electron chi connectivity index (χ2n) is 9.77. The molecule has 1 amide bonds. The number of benzene rings is 1. The van der Waals surface area contributed by atoms with Gasteiger partial charge in [-0.2, -0.15) is 13.2 Å². The number of aromatic nitrogens is 2. The number of nitrogens with one attached hydrogen (secondary N) is 1. The maximum absolute atomic E-state index is 13.0. The maximum Gasteiger partial charge on any atom is 0.417 e. The van der Waals surface area contributed by atoms with Crippen LogP contribution in [-0.2, 0) is 11.0 Å². The van der Waals surface area contributed by atoms with E-state index in [0.717, 1.165) is 54.0 Å². The number of alkyl halides is 3. The number of carbonyl (C=O) groups excluding carboxylic acids is 1. The van der Waals surface area contributed by atoms with Gasteiger partial charge in [-0.1, -0.05) is 17.7 Å². The molecule has 1 unspecified atom stereocenters. The summed E-state index contributed by atoms with van der Waals surface area (Å²) >= 11 is 0. The molecule has 192 valence electrons. The van der Waals surface area contributed by atoms with E-state index in [4.69, 9.17) is 4.74 Å². The molecule has 0 spiro atoms. The van der Waals surface area contributed by atoms with Gasteiger partial charge in [0.25, 0.3) is 0 Å². The first-order valence-corrected chi connectivity index (χ1v) is 12.5. The Morgan fingerprint density at radius 2 is 1.86 bits per heavy atom. The van der Waals surface area contributed by atoms with Crippen LogP contribution in [0.2, 0.25) is 0 Å². The molecule has 0 saturated heterocycles. The lowest BCUT2D eigenvalue weighted by atomic mass is 9.81.